The number of hydrogen-bond acceptors (Lipinski definition) is 3. The summed E-state index contributed by atoms with van der Waals surface area (Å²) in [6.45, 7) is -1.20. The third kappa shape index (κ3) is 4.70. The molecule has 2 amide bonds. The fourth-order valence-electron chi connectivity index (χ4n) is 2.03. The van der Waals surface area contributed by atoms with Crippen molar-refractivity contribution < 1.29 is 22.8 Å². The van der Waals surface area contributed by atoms with E-state index < -0.39 is 31.2 Å². The second-order valence-electron chi connectivity index (χ2n) is 4.70. The molecule has 0 aromatic heterocycles. The minimum atomic E-state index is -4.34. The number of halogens is 3. The first-order valence-corrected chi connectivity index (χ1v) is 6.00. The summed E-state index contributed by atoms with van der Waals surface area (Å²) in [5.41, 5.74) is 0. The number of carbonyl (C=O) groups is 2. The normalized spacial score (nSPS) is 19.6. The van der Waals surface area contributed by atoms with E-state index in [1.54, 1.807) is 14.1 Å². The fourth-order valence-corrected chi connectivity index (χ4v) is 2.03. The summed E-state index contributed by atoms with van der Waals surface area (Å²) < 4.78 is 35.8. The van der Waals surface area contributed by atoms with Crippen LogP contribution >= 0.6 is 0 Å². The molecule has 1 aliphatic rings. The van der Waals surface area contributed by atoms with Gasteiger partial charge in [-0.3, -0.25) is 9.59 Å². The van der Waals surface area contributed by atoms with E-state index in [0.717, 1.165) is 0 Å². The molecule has 0 aliphatic carbocycles. The van der Waals surface area contributed by atoms with E-state index in [-0.39, 0.29) is 5.91 Å². The van der Waals surface area contributed by atoms with Crippen molar-refractivity contribution in [1.29, 1.82) is 0 Å². The van der Waals surface area contributed by atoms with Gasteiger partial charge in [-0.05, 0) is 12.8 Å². The number of hydrogen-bond donors (Lipinski definition) is 1. The van der Waals surface area contributed by atoms with Crippen LogP contribution in [0.25, 0.3) is 0 Å². The van der Waals surface area contributed by atoms with Gasteiger partial charge < -0.3 is 15.1 Å². The number of rotatable bonds is 4. The van der Waals surface area contributed by atoms with Crippen LogP contribution in [0.2, 0.25) is 0 Å². The van der Waals surface area contributed by atoms with Crippen LogP contribution in [-0.4, -0.2) is 67.6 Å². The predicted molar refractivity (Wildman–Crippen MR) is 62.4 cm³/mol. The predicted octanol–water partition coefficient (Wildman–Crippen LogP) is 0.217. The quantitative estimate of drug-likeness (QED) is 0.802. The van der Waals surface area contributed by atoms with Gasteiger partial charge in [-0.1, -0.05) is 0 Å². The van der Waals surface area contributed by atoms with Crippen molar-refractivity contribution in [2.45, 2.75) is 25.1 Å². The molecule has 19 heavy (non-hydrogen) atoms. The van der Waals surface area contributed by atoms with Gasteiger partial charge >= 0.3 is 6.18 Å². The van der Waals surface area contributed by atoms with Crippen LogP contribution in [0.1, 0.15) is 12.8 Å². The number of likely N-dealkylation sites (N-methyl/N-ethyl adjacent to an activating group) is 1. The van der Waals surface area contributed by atoms with E-state index >= 15 is 0 Å². The first-order valence-electron chi connectivity index (χ1n) is 6.00. The lowest BCUT2D eigenvalue weighted by Crippen LogP contribution is -2.48. The number of amides is 2. The molecule has 1 saturated heterocycles. The molecule has 1 fully saturated rings. The molecule has 1 unspecified atom stereocenters. The van der Waals surface area contributed by atoms with Crippen LogP contribution in [0.4, 0.5) is 13.2 Å². The van der Waals surface area contributed by atoms with Crippen LogP contribution in [0.5, 0.6) is 0 Å². The van der Waals surface area contributed by atoms with Crippen molar-refractivity contribution in [2.75, 3.05) is 33.7 Å². The number of likely N-dealkylation sites (tertiary alicyclic amines) is 1. The highest BCUT2D eigenvalue weighted by Crippen LogP contribution is 2.19. The summed E-state index contributed by atoms with van der Waals surface area (Å²) in [5.74, 6) is -0.663. The van der Waals surface area contributed by atoms with Gasteiger partial charge in [0, 0.05) is 20.6 Å². The second-order valence-corrected chi connectivity index (χ2v) is 4.70. The molecular formula is C11H18F3N3O2. The Hall–Kier alpha value is -1.31. The maximum absolute atomic E-state index is 11.9. The van der Waals surface area contributed by atoms with Crippen molar-refractivity contribution in [3.05, 3.63) is 0 Å². The SMILES string of the molecule is CN(C)C(=O)C1CCCN1C(=O)CNCC(F)(F)F. The van der Waals surface area contributed by atoms with Crippen LogP contribution in [0.15, 0.2) is 0 Å². The maximum Gasteiger partial charge on any atom is 0.401 e. The van der Waals surface area contributed by atoms with E-state index in [4.69, 9.17) is 0 Å². The minimum Gasteiger partial charge on any atom is -0.347 e. The Balaban J connectivity index is 2.49. The molecule has 0 saturated carbocycles. The molecule has 0 bridgehead atoms. The summed E-state index contributed by atoms with van der Waals surface area (Å²) in [4.78, 5) is 26.4. The van der Waals surface area contributed by atoms with Gasteiger partial charge in [0.1, 0.15) is 6.04 Å². The minimum absolute atomic E-state index is 0.193. The fraction of sp³-hybridized carbons (Fsp3) is 0.818. The summed E-state index contributed by atoms with van der Waals surface area (Å²) >= 11 is 0. The van der Waals surface area contributed by atoms with Gasteiger partial charge in [0.05, 0.1) is 13.1 Å². The number of carbonyl (C=O) groups excluding carboxylic acids is 2. The van der Waals surface area contributed by atoms with E-state index in [1.165, 1.54) is 9.80 Å². The molecule has 110 valence electrons. The molecule has 0 aromatic carbocycles. The van der Waals surface area contributed by atoms with Crippen molar-refractivity contribution in [1.82, 2.24) is 15.1 Å². The average molecular weight is 281 g/mol. The maximum atomic E-state index is 11.9. The van der Waals surface area contributed by atoms with Crippen molar-refractivity contribution in [3.8, 4) is 0 Å². The zero-order valence-corrected chi connectivity index (χ0v) is 11.0. The summed E-state index contributed by atoms with van der Waals surface area (Å²) in [5, 5.41) is 2.05. The number of alkyl halides is 3. The van der Waals surface area contributed by atoms with Crippen LogP contribution in [0.3, 0.4) is 0 Å². The van der Waals surface area contributed by atoms with Gasteiger partial charge in [0.2, 0.25) is 11.8 Å². The molecule has 0 radical (unpaired) electrons. The summed E-state index contributed by atoms with van der Waals surface area (Å²) in [7, 11) is 3.18. The van der Waals surface area contributed by atoms with Gasteiger partial charge in [-0.2, -0.15) is 13.2 Å². The highest BCUT2D eigenvalue weighted by Gasteiger charge is 2.35. The lowest BCUT2D eigenvalue weighted by molar-refractivity contribution is -0.143. The third-order valence-electron chi connectivity index (χ3n) is 2.90. The van der Waals surface area contributed by atoms with Gasteiger partial charge in [-0.15, -0.1) is 0 Å². The van der Waals surface area contributed by atoms with E-state index in [9.17, 15) is 22.8 Å². The molecular weight excluding hydrogens is 263 g/mol. The Kier molecular flexibility index (Phi) is 5.16. The zero-order chi connectivity index (χ0) is 14.6. The smallest absolute Gasteiger partial charge is 0.347 e. The molecule has 1 heterocycles. The third-order valence-corrected chi connectivity index (χ3v) is 2.90. The van der Waals surface area contributed by atoms with E-state index in [1.807, 2.05) is 5.32 Å². The molecule has 0 aromatic rings. The lowest BCUT2D eigenvalue weighted by atomic mass is 10.2. The summed E-state index contributed by atoms with van der Waals surface area (Å²) in [6, 6.07) is -0.546. The Morgan fingerprint density at radius 2 is 2.00 bits per heavy atom. The Labute approximate surface area is 109 Å². The Morgan fingerprint density at radius 1 is 1.37 bits per heavy atom. The van der Waals surface area contributed by atoms with Crippen molar-refractivity contribution >= 4 is 11.8 Å². The topological polar surface area (TPSA) is 52.7 Å². The second kappa shape index (κ2) is 6.23. The highest BCUT2D eigenvalue weighted by atomic mass is 19.4. The monoisotopic (exact) mass is 281 g/mol. The van der Waals surface area contributed by atoms with Gasteiger partial charge in [0.25, 0.3) is 0 Å². The first kappa shape index (κ1) is 15.7. The van der Waals surface area contributed by atoms with E-state index in [0.29, 0.717) is 19.4 Å². The van der Waals surface area contributed by atoms with Crippen LogP contribution in [0, 0.1) is 0 Å². The van der Waals surface area contributed by atoms with Crippen LogP contribution in [-0.2, 0) is 9.59 Å². The Bertz CT molecular complexity index is 345. The molecule has 1 N–H and O–H groups in total. The molecule has 5 nitrogen and oxygen atoms in total. The van der Waals surface area contributed by atoms with E-state index in [2.05, 4.69) is 0 Å². The molecule has 0 spiro atoms. The number of nitrogens with zero attached hydrogens (tertiary/aromatic N) is 2. The summed E-state index contributed by atoms with van der Waals surface area (Å²) in [6.07, 6.45) is -3.10. The highest BCUT2D eigenvalue weighted by molar-refractivity contribution is 5.88. The Morgan fingerprint density at radius 3 is 2.53 bits per heavy atom. The largest absolute Gasteiger partial charge is 0.401 e. The standard InChI is InChI=1S/C11H18F3N3O2/c1-16(2)10(19)8-4-3-5-17(8)9(18)6-15-7-11(12,13)14/h8,15H,3-7H2,1-2H3. The molecule has 8 heteroatoms. The first-order chi connectivity index (χ1) is 8.72. The molecule has 1 rings (SSSR count). The van der Waals surface area contributed by atoms with Crippen LogP contribution < -0.4 is 5.32 Å². The van der Waals surface area contributed by atoms with Gasteiger partial charge in [0.15, 0.2) is 0 Å². The zero-order valence-electron chi connectivity index (χ0n) is 11.0. The average Bonchev–Trinajstić information content (AvgIpc) is 2.74. The molecule has 1 atom stereocenters. The lowest BCUT2D eigenvalue weighted by Gasteiger charge is -2.26. The van der Waals surface area contributed by atoms with Crippen molar-refractivity contribution in [3.63, 3.8) is 0 Å². The van der Waals surface area contributed by atoms with Gasteiger partial charge in [-0.25, -0.2) is 0 Å². The molecule has 1 aliphatic heterocycles. The number of nitrogens with one attached hydrogen (secondary N) is 1. The van der Waals surface area contributed by atoms with Crippen molar-refractivity contribution in [2.24, 2.45) is 0 Å².